The summed E-state index contributed by atoms with van der Waals surface area (Å²) >= 11 is 11.4. The lowest BCUT2D eigenvalue weighted by Gasteiger charge is -2.00. The average Bonchev–Trinajstić information content (AvgIpc) is 2.41. The van der Waals surface area contributed by atoms with Crippen molar-refractivity contribution in [3.05, 3.63) is 19.2 Å². The maximum Gasteiger partial charge on any atom is 0.253 e. The van der Waals surface area contributed by atoms with E-state index in [2.05, 4.69) is 53.1 Å². The van der Waals surface area contributed by atoms with Crippen molar-refractivity contribution >= 4 is 65.0 Å². The van der Waals surface area contributed by atoms with Crippen LogP contribution in [0.15, 0.2) is 13.6 Å². The lowest BCUT2D eigenvalue weighted by Crippen LogP contribution is -2.24. The number of thiophene rings is 1. The van der Waals surface area contributed by atoms with Crippen LogP contribution in [0.25, 0.3) is 0 Å². The smallest absolute Gasteiger partial charge is 0.253 e. The van der Waals surface area contributed by atoms with Crippen LogP contribution >= 0.6 is 59.1 Å². The first kappa shape index (κ1) is 11.7. The Morgan fingerprint density at radius 2 is 2.23 bits per heavy atom. The summed E-state index contributed by atoms with van der Waals surface area (Å²) in [6.07, 6.45) is 0. The molecule has 1 heterocycles. The fraction of sp³-hybridized carbons (Fsp3) is 0.286. The van der Waals surface area contributed by atoms with Gasteiger partial charge in [0.15, 0.2) is 0 Å². The molecular formula is C7H6Br3NOS. The van der Waals surface area contributed by atoms with E-state index in [1.807, 2.05) is 0 Å². The Hall–Kier alpha value is 0.610. The highest BCUT2D eigenvalue weighted by Gasteiger charge is 2.12. The van der Waals surface area contributed by atoms with E-state index < -0.39 is 0 Å². The van der Waals surface area contributed by atoms with Crippen LogP contribution in [0.3, 0.4) is 0 Å². The number of halogens is 3. The summed E-state index contributed by atoms with van der Waals surface area (Å²) in [5, 5.41) is 3.54. The van der Waals surface area contributed by atoms with Gasteiger partial charge < -0.3 is 5.32 Å². The van der Waals surface area contributed by atoms with Gasteiger partial charge >= 0.3 is 0 Å². The first-order valence-corrected chi connectivity index (χ1v) is 6.96. The second-order valence-corrected chi connectivity index (χ2v) is 6.73. The molecule has 2 nitrogen and oxygen atoms in total. The van der Waals surface area contributed by atoms with Crippen molar-refractivity contribution in [2.24, 2.45) is 0 Å². The summed E-state index contributed by atoms with van der Waals surface area (Å²) in [5.41, 5.74) is 0.679. The van der Waals surface area contributed by atoms with Gasteiger partial charge in [-0.25, -0.2) is 0 Å². The van der Waals surface area contributed by atoms with Crippen molar-refractivity contribution < 1.29 is 4.79 Å². The highest BCUT2D eigenvalue weighted by Crippen LogP contribution is 2.31. The van der Waals surface area contributed by atoms with Crippen molar-refractivity contribution in [3.8, 4) is 0 Å². The molecule has 0 aliphatic rings. The molecule has 1 aromatic rings. The van der Waals surface area contributed by atoms with E-state index in [1.165, 1.54) is 11.3 Å². The Morgan fingerprint density at radius 1 is 1.54 bits per heavy atom. The lowest BCUT2D eigenvalue weighted by molar-refractivity contribution is 0.0956. The van der Waals surface area contributed by atoms with Crippen molar-refractivity contribution in [3.63, 3.8) is 0 Å². The van der Waals surface area contributed by atoms with E-state index in [4.69, 9.17) is 0 Å². The predicted molar refractivity (Wildman–Crippen MR) is 65.8 cm³/mol. The van der Waals surface area contributed by atoms with Crippen molar-refractivity contribution in [2.75, 3.05) is 11.9 Å². The largest absolute Gasteiger partial charge is 0.351 e. The van der Waals surface area contributed by atoms with Gasteiger partial charge in [0, 0.05) is 11.9 Å². The van der Waals surface area contributed by atoms with Gasteiger partial charge in [-0.1, -0.05) is 15.9 Å². The van der Waals surface area contributed by atoms with Gasteiger partial charge in [-0.3, -0.25) is 4.79 Å². The molecule has 13 heavy (non-hydrogen) atoms. The summed E-state index contributed by atoms with van der Waals surface area (Å²) in [6, 6.07) is 1.80. The molecule has 0 spiro atoms. The zero-order valence-electron chi connectivity index (χ0n) is 6.44. The van der Waals surface area contributed by atoms with Gasteiger partial charge in [0.2, 0.25) is 0 Å². The van der Waals surface area contributed by atoms with Crippen LogP contribution in [-0.4, -0.2) is 17.8 Å². The number of carbonyl (C=O) groups excluding carboxylic acids is 1. The van der Waals surface area contributed by atoms with E-state index in [-0.39, 0.29) is 5.91 Å². The molecule has 1 amide bonds. The number of hydrogen-bond acceptors (Lipinski definition) is 2. The van der Waals surface area contributed by atoms with Crippen LogP contribution < -0.4 is 5.32 Å². The number of rotatable bonds is 3. The molecular weight excluding hydrogens is 386 g/mol. The minimum Gasteiger partial charge on any atom is -0.351 e. The zero-order valence-corrected chi connectivity index (χ0v) is 12.0. The van der Waals surface area contributed by atoms with Gasteiger partial charge in [0.25, 0.3) is 5.91 Å². The monoisotopic (exact) mass is 389 g/mol. The Bertz CT molecular complexity index is 313. The lowest BCUT2D eigenvalue weighted by atomic mass is 10.3. The fourth-order valence-corrected chi connectivity index (χ4v) is 3.74. The summed E-state index contributed by atoms with van der Waals surface area (Å²) in [4.78, 5) is 11.5. The van der Waals surface area contributed by atoms with E-state index in [0.29, 0.717) is 12.1 Å². The van der Waals surface area contributed by atoms with E-state index >= 15 is 0 Å². The van der Waals surface area contributed by atoms with Gasteiger partial charge in [-0.2, -0.15) is 0 Å². The molecule has 0 radical (unpaired) electrons. The van der Waals surface area contributed by atoms with E-state index in [9.17, 15) is 4.79 Å². The first-order chi connectivity index (χ1) is 6.15. The average molecular weight is 392 g/mol. The van der Waals surface area contributed by atoms with E-state index in [1.54, 1.807) is 6.07 Å². The van der Waals surface area contributed by atoms with Crippen LogP contribution in [0.2, 0.25) is 0 Å². The van der Waals surface area contributed by atoms with Crippen LogP contribution in [0, 0.1) is 0 Å². The summed E-state index contributed by atoms with van der Waals surface area (Å²) in [5.74, 6) is -0.0479. The fourth-order valence-electron chi connectivity index (χ4n) is 0.751. The van der Waals surface area contributed by atoms with Gasteiger partial charge in [-0.05, 0) is 37.9 Å². The maximum atomic E-state index is 11.5. The zero-order chi connectivity index (χ0) is 9.84. The highest BCUT2D eigenvalue weighted by atomic mass is 79.9. The number of amides is 1. The van der Waals surface area contributed by atoms with E-state index in [0.717, 1.165) is 12.9 Å². The normalized spacial score (nSPS) is 10.1. The van der Waals surface area contributed by atoms with Crippen molar-refractivity contribution in [1.29, 1.82) is 0 Å². The molecule has 0 fully saturated rings. The Balaban J connectivity index is 2.70. The first-order valence-electron chi connectivity index (χ1n) is 3.44. The second-order valence-electron chi connectivity index (χ2n) is 2.18. The topological polar surface area (TPSA) is 29.1 Å². The van der Waals surface area contributed by atoms with Gasteiger partial charge in [0.1, 0.15) is 0 Å². The minimum absolute atomic E-state index is 0.0479. The highest BCUT2D eigenvalue weighted by molar-refractivity contribution is 9.12. The second kappa shape index (κ2) is 5.48. The molecule has 6 heteroatoms. The van der Waals surface area contributed by atoms with Crippen molar-refractivity contribution in [2.45, 2.75) is 0 Å². The van der Waals surface area contributed by atoms with Crippen LogP contribution in [0.4, 0.5) is 0 Å². The molecule has 0 aliphatic heterocycles. The molecule has 0 saturated carbocycles. The third kappa shape index (κ3) is 3.34. The van der Waals surface area contributed by atoms with Gasteiger partial charge in [0.05, 0.1) is 13.1 Å². The minimum atomic E-state index is -0.0479. The molecule has 0 unspecified atom stereocenters. The molecule has 72 valence electrons. The van der Waals surface area contributed by atoms with Crippen LogP contribution in [-0.2, 0) is 0 Å². The predicted octanol–water partition coefficient (Wildman–Crippen LogP) is 3.40. The molecule has 0 saturated heterocycles. The molecule has 1 rings (SSSR count). The molecule has 0 aromatic carbocycles. The SMILES string of the molecule is O=C(NCCBr)c1cc(Br)sc1Br. The Labute approximate surface area is 105 Å². The molecule has 1 N–H and O–H groups in total. The number of alkyl halides is 1. The standard InChI is InChI=1S/C7H6Br3NOS/c8-1-2-11-7(12)4-3-5(9)13-6(4)10/h3H,1-2H2,(H,11,12). The molecule has 1 aromatic heterocycles. The number of carbonyl (C=O) groups is 1. The number of hydrogen-bond donors (Lipinski definition) is 1. The summed E-state index contributed by atoms with van der Waals surface area (Å²) in [7, 11) is 0. The third-order valence-corrected chi connectivity index (χ3v) is 4.02. The maximum absolute atomic E-state index is 11.5. The third-order valence-electron chi connectivity index (χ3n) is 1.28. The molecule has 0 bridgehead atoms. The van der Waals surface area contributed by atoms with Crippen LogP contribution in [0.5, 0.6) is 0 Å². The molecule has 0 aliphatic carbocycles. The number of nitrogens with one attached hydrogen (secondary N) is 1. The molecule has 0 atom stereocenters. The van der Waals surface area contributed by atoms with Gasteiger partial charge in [-0.15, -0.1) is 11.3 Å². The summed E-state index contributed by atoms with van der Waals surface area (Å²) < 4.78 is 1.80. The summed E-state index contributed by atoms with van der Waals surface area (Å²) in [6.45, 7) is 0.638. The Kier molecular flexibility index (Phi) is 4.93. The quantitative estimate of drug-likeness (QED) is 0.786. The Morgan fingerprint density at radius 3 is 2.69 bits per heavy atom. The van der Waals surface area contributed by atoms with Crippen LogP contribution in [0.1, 0.15) is 10.4 Å². The van der Waals surface area contributed by atoms with Crippen molar-refractivity contribution in [1.82, 2.24) is 5.32 Å².